The second-order valence-corrected chi connectivity index (χ2v) is 6.29. The van der Waals surface area contributed by atoms with Gasteiger partial charge in [0, 0.05) is 0 Å². The molecule has 1 atom stereocenters. The summed E-state index contributed by atoms with van der Waals surface area (Å²) in [5.74, 6) is -0.190. The summed E-state index contributed by atoms with van der Waals surface area (Å²) < 4.78 is 0. The number of rotatable bonds is 5. The number of halogens is 2. The van der Waals surface area contributed by atoms with E-state index in [1.54, 1.807) is 18.2 Å². The highest BCUT2D eigenvalue weighted by Gasteiger charge is 2.19. The molecule has 2 aromatic rings. The molecular weight excluding hydrogens is 331 g/mol. The third-order valence-corrected chi connectivity index (χ3v) is 4.34. The minimum atomic E-state index is -0.440. The fraction of sp³-hybridized carbons (Fsp3) is 0.308. The van der Waals surface area contributed by atoms with Crippen molar-refractivity contribution < 1.29 is 4.79 Å². The number of hydrogen-bond donors (Lipinski definition) is 2. The molecule has 0 fully saturated rings. The monoisotopic (exact) mass is 344 g/mol. The zero-order valence-corrected chi connectivity index (χ0v) is 13.8. The van der Waals surface area contributed by atoms with E-state index >= 15 is 0 Å². The molecule has 1 heterocycles. The van der Waals surface area contributed by atoms with Crippen LogP contribution in [0.2, 0.25) is 10.0 Å². The maximum absolute atomic E-state index is 12.2. The molecule has 0 bridgehead atoms. The molecule has 0 aliphatic rings. The van der Waals surface area contributed by atoms with Gasteiger partial charge in [-0.1, -0.05) is 47.5 Å². The first-order valence-electron chi connectivity index (χ1n) is 6.32. The lowest BCUT2D eigenvalue weighted by Crippen LogP contribution is -2.34. The van der Waals surface area contributed by atoms with E-state index in [0.29, 0.717) is 27.3 Å². The summed E-state index contributed by atoms with van der Waals surface area (Å²) in [5, 5.41) is 15.7. The lowest BCUT2D eigenvalue weighted by molar-refractivity contribution is -0.117. The molecule has 0 aliphatic carbocycles. The molecule has 5 nitrogen and oxygen atoms in total. The lowest BCUT2D eigenvalue weighted by Gasteiger charge is -2.18. The van der Waals surface area contributed by atoms with E-state index in [0.717, 1.165) is 5.01 Å². The number of anilines is 2. The van der Waals surface area contributed by atoms with Gasteiger partial charge < -0.3 is 5.32 Å². The van der Waals surface area contributed by atoms with Crippen LogP contribution in [0, 0.1) is 6.92 Å². The number of aromatic nitrogens is 2. The number of aryl methyl sites for hydroxylation is 1. The molecule has 2 N–H and O–H groups in total. The van der Waals surface area contributed by atoms with Crippen molar-refractivity contribution in [1.29, 1.82) is 0 Å². The van der Waals surface area contributed by atoms with Crippen molar-refractivity contribution in [1.82, 2.24) is 10.2 Å². The van der Waals surface area contributed by atoms with Crippen LogP contribution in [-0.2, 0) is 4.79 Å². The van der Waals surface area contributed by atoms with E-state index in [-0.39, 0.29) is 5.91 Å². The third kappa shape index (κ3) is 4.06. The molecule has 0 saturated carbocycles. The predicted molar refractivity (Wildman–Crippen MR) is 87.4 cm³/mol. The molecule has 1 aromatic heterocycles. The van der Waals surface area contributed by atoms with Gasteiger partial charge in [-0.15, -0.1) is 10.2 Å². The van der Waals surface area contributed by atoms with E-state index < -0.39 is 6.04 Å². The number of nitrogens with one attached hydrogen (secondary N) is 2. The van der Waals surface area contributed by atoms with Crippen LogP contribution in [0.5, 0.6) is 0 Å². The number of hydrogen-bond acceptors (Lipinski definition) is 5. The Morgan fingerprint density at radius 1 is 1.38 bits per heavy atom. The summed E-state index contributed by atoms with van der Waals surface area (Å²) in [6.07, 6.45) is 0.590. The molecule has 0 aliphatic heterocycles. The summed E-state index contributed by atoms with van der Waals surface area (Å²) in [5.41, 5.74) is 0.625. The Labute approximate surface area is 136 Å². The van der Waals surface area contributed by atoms with Crippen LogP contribution in [-0.4, -0.2) is 22.1 Å². The molecule has 21 heavy (non-hydrogen) atoms. The smallest absolute Gasteiger partial charge is 0.248 e. The summed E-state index contributed by atoms with van der Waals surface area (Å²) in [4.78, 5) is 12.2. The van der Waals surface area contributed by atoms with Crippen molar-refractivity contribution in [2.75, 3.05) is 10.6 Å². The van der Waals surface area contributed by atoms with E-state index in [4.69, 9.17) is 23.2 Å². The topological polar surface area (TPSA) is 66.9 Å². The first-order valence-corrected chi connectivity index (χ1v) is 7.90. The first kappa shape index (κ1) is 16.0. The SMILES string of the molecule is CC[C@H](Nc1cccc(Cl)c1Cl)C(=O)Nc1nnc(C)s1. The van der Waals surface area contributed by atoms with Crippen LogP contribution in [0.4, 0.5) is 10.8 Å². The quantitative estimate of drug-likeness (QED) is 0.860. The summed E-state index contributed by atoms with van der Waals surface area (Å²) in [6, 6.07) is 4.81. The summed E-state index contributed by atoms with van der Waals surface area (Å²) in [7, 11) is 0. The van der Waals surface area contributed by atoms with Gasteiger partial charge in [0.15, 0.2) is 0 Å². The zero-order valence-electron chi connectivity index (χ0n) is 11.5. The van der Waals surface area contributed by atoms with Crippen molar-refractivity contribution >= 4 is 51.3 Å². The van der Waals surface area contributed by atoms with Crippen LogP contribution in [0.25, 0.3) is 0 Å². The molecule has 0 spiro atoms. The average molecular weight is 345 g/mol. The van der Waals surface area contributed by atoms with Crippen molar-refractivity contribution in [3.63, 3.8) is 0 Å². The second-order valence-electron chi connectivity index (χ2n) is 4.32. The van der Waals surface area contributed by atoms with Gasteiger partial charge in [0.2, 0.25) is 11.0 Å². The van der Waals surface area contributed by atoms with Gasteiger partial charge in [0.05, 0.1) is 15.7 Å². The molecule has 0 radical (unpaired) electrons. The highest BCUT2D eigenvalue weighted by molar-refractivity contribution is 7.15. The average Bonchev–Trinajstić information content (AvgIpc) is 2.85. The van der Waals surface area contributed by atoms with E-state index in [1.807, 2.05) is 13.8 Å². The Kier molecular flexibility index (Phi) is 5.39. The molecule has 1 amide bonds. The maximum Gasteiger partial charge on any atom is 0.248 e. The molecule has 8 heteroatoms. The van der Waals surface area contributed by atoms with E-state index in [9.17, 15) is 4.79 Å². The van der Waals surface area contributed by atoms with Crippen LogP contribution >= 0.6 is 34.5 Å². The number of carbonyl (C=O) groups excluding carboxylic acids is 1. The minimum Gasteiger partial charge on any atom is -0.372 e. The standard InChI is InChI=1S/C13H14Cl2N4OS/c1-3-9(12(20)17-13-19-18-7(2)21-13)16-10-6-4-5-8(14)11(10)15/h4-6,9,16H,3H2,1-2H3,(H,17,19,20)/t9-/m0/s1. The number of amides is 1. The Morgan fingerprint density at radius 2 is 2.14 bits per heavy atom. The lowest BCUT2D eigenvalue weighted by atomic mass is 10.2. The highest BCUT2D eigenvalue weighted by Crippen LogP contribution is 2.30. The van der Waals surface area contributed by atoms with Gasteiger partial charge in [-0.25, -0.2) is 0 Å². The van der Waals surface area contributed by atoms with E-state index in [2.05, 4.69) is 20.8 Å². The minimum absolute atomic E-state index is 0.190. The molecule has 0 unspecified atom stereocenters. The fourth-order valence-corrected chi connectivity index (χ4v) is 2.65. The molecular formula is C13H14Cl2N4OS. The molecule has 0 saturated heterocycles. The molecule has 1 aromatic carbocycles. The Morgan fingerprint density at radius 3 is 2.76 bits per heavy atom. The predicted octanol–water partition coefficient (Wildman–Crippen LogP) is 3.98. The fourth-order valence-electron chi connectivity index (χ4n) is 1.70. The van der Waals surface area contributed by atoms with Crippen molar-refractivity contribution in [3.8, 4) is 0 Å². The highest BCUT2D eigenvalue weighted by atomic mass is 35.5. The van der Waals surface area contributed by atoms with Crippen molar-refractivity contribution in [2.45, 2.75) is 26.3 Å². The normalized spacial score (nSPS) is 12.0. The molecule has 112 valence electrons. The second kappa shape index (κ2) is 7.06. The van der Waals surface area contributed by atoms with Crippen LogP contribution in [0.15, 0.2) is 18.2 Å². The summed E-state index contributed by atoms with van der Waals surface area (Å²) in [6.45, 7) is 3.73. The number of benzene rings is 1. The van der Waals surface area contributed by atoms with Crippen LogP contribution in [0.1, 0.15) is 18.4 Å². The Hall–Kier alpha value is -1.37. The van der Waals surface area contributed by atoms with Crippen molar-refractivity contribution in [2.24, 2.45) is 0 Å². The van der Waals surface area contributed by atoms with Gasteiger partial charge in [0.1, 0.15) is 11.0 Å². The van der Waals surface area contributed by atoms with E-state index in [1.165, 1.54) is 11.3 Å². The Balaban J connectivity index is 2.08. The van der Waals surface area contributed by atoms with Crippen LogP contribution < -0.4 is 10.6 Å². The number of carbonyl (C=O) groups is 1. The van der Waals surface area contributed by atoms with Gasteiger partial charge in [0.25, 0.3) is 0 Å². The third-order valence-electron chi connectivity index (χ3n) is 2.76. The summed E-state index contributed by atoms with van der Waals surface area (Å²) >= 11 is 13.4. The van der Waals surface area contributed by atoms with Gasteiger partial charge >= 0.3 is 0 Å². The van der Waals surface area contributed by atoms with Gasteiger partial charge in [-0.2, -0.15) is 0 Å². The van der Waals surface area contributed by atoms with Crippen LogP contribution in [0.3, 0.4) is 0 Å². The van der Waals surface area contributed by atoms with Gasteiger partial charge in [-0.05, 0) is 25.5 Å². The molecule has 2 rings (SSSR count). The zero-order chi connectivity index (χ0) is 15.4. The van der Waals surface area contributed by atoms with Crippen molar-refractivity contribution in [3.05, 3.63) is 33.3 Å². The van der Waals surface area contributed by atoms with Gasteiger partial charge in [-0.3, -0.25) is 10.1 Å². The first-order chi connectivity index (χ1) is 10.0. The largest absolute Gasteiger partial charge is 0.372 e. The number of nitrogens with zero attached hydrogens (tertiary/aromatic N) is 2. The Bertz CT molecular complexity index is 647. The maximum atomic E-state index is 12.2.